The second kappa shape index (κ2) is 5.51. The van der Waals surface area contributed by atoms with E-state index in [1.54, 1.807) is 0 Å². The molecule has 1 fully saturated rings. The molecule has 106 valence electrons. The Hall–Kier alpha value is -1.07. The van der Waals surface area contributed by atoms with Crippen molar-refractivity contribution in [1.82, 2.24) is 10.2 Å². The third-order valence-corrected chi connectivity index (χ3v) is 4.06. The molecule has 0 radical (unpaired) electrons. The lowest BCUT2D eigenvalue weighted by atomic mass is 9.75. The first-order valence-corrected chi connectivity index (χ1v) is 6.46. The zero-order chi connectivity index (χ0) is 14.0. The van der Waals surface area contributed by atoms with Gasteiger partial charge in [-0.1, -0.05) is 0 Å². The van der Waals surface area contributed by atoms with Crippen molar-refractivity contribution in [2.45, 2.75) is 31.3 Å². The Balaban J connectivity index is 1.93. The van der Waals surface area contributed by atoms with E-state index in [0.717, 1.165) is 31.5 Å². The average Bonchev–Trinajstić information content (AvgIpc) is 2.28. The van der Waals surface area contributed by atoms with Crippen molar-refractivity contribution in [3.05, 3.63) is 35.1 Å². The van der Waals surface area contributed by atoms with Crippen LogP contribution in [0.4, 0.5) is 13.2 Å². The molecule has 0 spiro atoms. The molecule has 0 saturated heterocycles. The summed E-state index contributed by atoms with van der Waals surface area (Å²) < 4.78 is 38.9. The Morgan fingerprint density at radius 2 is 1.74 bits per heavy atom. The predicted octanol–water partition coefficient (Wildman–Crippen LogP) is 2.68. The molecule has 0 unspecified atom stereocenters. The lowest BCUT2D eigenvalue weighted by Gasteiger charge is -2.47. The number of likely N-dealkylation sites (N-methyl/N-ethyl adjacent to an activating group) is 1. The first-order valence-electron chi connectivity index (χ1n) is 6.46. The number of halogens is 3. The van der Waals surface area contributed by atoms with Gasteiger partial charge in [-0.05, 0) is 51.1 Å². The van der Waals surface area contributed by atoms with Crippen LogP contribution in [0.25, 0.3) is 0 Å². The molecule has 1 aliphatic carbocycles. The summed E-state index contributed by atoms with van der Waals surface area (Å²) in [5, 5.41) is 3.20. The highest BCUT2D eigenvalue weighted by Crippen LogP contribution is 2.35. The zero-order valence-electron chi connectivity index (χ0n) is 11.3. The molecular formula is C14H19F3N2. The fourth-order valence-corrected chi connectivity index (χ4v) is 2.52. The van der Waals surface area contributed by atoms with Crippen molar-refractivity contribution in [2.24, 2.45) is 0 Å². The van der Waals surface area contributed by atoms with Crippen molar-refractivity contribution in [1.29, 1.82) is 0 Å². The van der Waals surface area contributed by atoms with E-state index in [4.69, 9.17) is 0 Å². The van der Waals surface area contributed by atoms with Gasteiger partial charge >= 0.3 is 0 Å². The lowest BCUT2D eigenvalue weighted by Crippen LogP contribution is -2.56. The number of hydrogen-bond acceptors (Lipinski definition) is 2. The van der Waals surface area contributed by atoms with Crippen molar-refractivity contribution < 1.29 is 13.2 Å². The number of rotatable bonds is 5. The van der Waals surface area contributed by atoms with Gasteiger partial charge in [0.2, 0.25) is 0 Å². The van der Waals surface area contributed by atoms with E-state index in [1.165, 1.54) is 6.42 Å². The fourth-order valence-electron chi connectivity index (χ4n) is 2.52. The summed E-state index contributed by atoms with van der Waals surface area (Å²) in [7, 11) is 4.08. The maximum Gasteiger partial charge on any atom is 0.194 e. The van der Waals surface area contributed by atoms with Gasteiger partial charge in [0.25, 0.3) is 0 Å². The van der Waals surface area contributed by atoms with Crippen LogP contribution in [-0.4, -0.2) is 31.1 Å². The standard InChI is InChI=1S/C14H19F3N2/c1-19(2)14(4-3-5-14)9-18-8-10-6-11(15)13(17)12(16)7-10/h6-7,18H,3-5,8-9H2,1-2H3. The molecule has 1 N–H and O–H groups in total. The maximum absolute atomic E-state index is 13.1. The largest absolute Gasteiger partial charge is 0.311 e. The smallest absolute Gasteiger partial charge is 0.194 e. The number of nitrogens with zero attached hydrogens (tertiary/aromatic N) is 1. The molecule has 0 atom stereocenters. The van der Waals surface area contributed by atoms with Crippen molar-refractivity contribution in [2.75, 3.05) is 20.6 Å². The Morgan fingerprint density at radius 1 is 1.16 bits per heavy atom. The van der Waals surface area contributed by atoms with E-state index < -0.39 is 17.5 Å². The fraction of sp³-hybridized carbons (Fsp3) is 0.571. The van der Waals surface area contributed by atoms with E-state index in [-0.39, 0.29) is 5.54 Å². The second-order valence-corrected chi connectivity index (χ2v) is 5.45. The van der Waals surface area contributed by atoms with Crippen LogP contribution >= 0.6 is 0 Å². The van der Waals surface area contributed by atoms with Gasteiger partial charge in [-0.15, -0.1) is 0 Å². The molecule has 2 rings (SSSR count). The quantitative estimate of drug-likeness (QED) is 0.829. The van der Waals surface area contributed by atoms with Crippen LogP contribution in [0.1, 0.15) is 24.8 Å². The highest BCUT2D eigenvalue weighted by molar-refractivity contribution is 5.19. The molecule has 0 aromatic heterocycles. The molecule has 5 heteroatoms. The average molecular weight is 272 g/mol. The zero-order valence-corrected chi connectivity index (χ0v) is 11.3. The van der Waals surface area contributed by atoms with Gasteiger partial charge in [-0.25, -0.2) is 13.2 Å². The SMILES string of the molecule is CN(C)C1(CNCc2cc(F)c(F)c(F)c2)CCC1. The topological polar surface area (TPSA) is 15.3 Å². The highest BCUT2D eigenvalue weighted by atomic mass is 19.2. The minimum atomic E-state index is -1.41. The van der Waals surface area contributed by atoms with Gasteiger partial charge in [0.15, 0.2) is 17.5 Å². The van der Waals surface area contributed by atoms with Gasteiger partial charge in [0, 0.05) is 18.6 Å². The monoisotopic (exact) mass is 272 g/mol. The number of hydrogen-bond donors (Lipinski definition) is 1. The Labute approximate surface area is 111 Å². The van der Waals surface area contributed by atoms with Crippen LogP contribution in [0.3, 0.4) is 0 Å². The van der Waals surface area contributed by atoms with E-state index in [0.29, 0.717) is 12.1 Å². The summed E-state index contributed by atoms with van der Waals surface area (Å²) in [6.45, 7) is 1.10. The normalized spacial score (nSPS) is 17.6. The Morgan fingerprint density at radius 3 is 2.16 bits per heavy atom. The number of nitrogens with one attached hydrogen (secondary N) is 1. The van der Waals surface area contributed by atoms with E-state index in [9.17, 15) is 13.2 Å². The van der Waals surface area contributed by atoms with Crippen LogP contribution in [-0.2, 0) is 6.54 Å². The number of benzene rings is 1. The van der Waals surface area contributed by atoms with Gasteiger partial charge in [-0.2, -0.15) is 0 Å². The second-order valence-electron chi connectivity index (χ2n) is 5.45. The molecule has 0 heterocycles. The summed E-state index contributed by atoms with van der Waals surface area (Å²) in [4.78, 5) is 2.19. The van der Waals surface area contributed by atoms with Gasteiger partial charge in [0.05, 0.1) is 0 Å². The summed E-state index contributed by atoms with van der Waals surface area (Å²) >= 11 is 0. The van der Waals surface area contributed by atoms with Crippen LogP contribution in [0, 0.1) is 17.5 Å². The minimum absolute atomic E-state index is 0.150. The summed E-state index contributed by atoms with van der Waals surface area (Å²) in [5.74, 6) is -3.68. The summed E-state index contributed by atoms with van der Waals surface area (Å²) in [6.07, 6.45) is 3.46. The molecule has 2 nitrogen and oxygen atoms in total. The van der Waals surface area contributed by atoms with E-state index in [1.807, 2.05) is 14.1 Å². The van der Waals surface area contributed by atoms with Crippen LogP contribution in [0.2, 0.25) is 0 Å². The molecular weight excluding hydrogens is 253 g/mol. The molecule has 1 aromatic carbocycles. The van der Waals surface area contributed by atoms with Gasteiger partial charge in [-0.3, -0.25) is 0 Å². The minimum Gasteiger partial charge on any atom is -0.311 e. The predicted molar refractivity (Wildman–Crippen MR) is 68.3 cm³/mol. The van der Waals surface area contributed by atoms with Crippen LogP contribution in [0.15, 0.2) is 12.1 Å². The summed E-state index contributed by atoms with van der Waals surface area (Å²) in [6, 6.07) is 2.07. The molecule has 1 saturated carbocycles. The van der Waals surface area contributed by atoms with Crippen molar-refractivity contribution in [3.63, 3.8) is 0 Å². The van der Waals surface area contributed by atoms with Crippen molar-refractivity contribution >= 4 is 0 Å². The van der Waals surface area contributed by atoms with Crippen molar-refractivity contribution in [3.8, 4) is 0 Å². The van der Waals surface area contributed by atoms with Gasteiger partial charge < -0.3 is 10.2 Å². The molecule has 0 aliphatic heterocycles. The Kier molecular flexibility index (Phi) is 4.16. The summed E-state index contributed by atoms with van der Waals surface area (Å²) in [5.41, 5.74) is 0.571. The molecule has 0 bridgehead atoms. The first kappa shape index (κ1) is 14.3. The van der Waals surface area contributed by atoms with Gasteiger partial charge in [0.1, 0.15) is 0 Å². The van der Waals surface area contributed by atoms with Crippen LogP contribution < -0.4 is 5.32 Å². The maximum atomic E-state index is 13.1. The van der Waals surface area contributed by atoms with E-state index >= 15 is 0 Å². The third-order valence-electron chi connectivity index (χ3n) is 4.06. The van der Waals surface area contributed by atoms with Crippen LogP contribution in [0.5, 0.6) is 0 Å². The molecule has 0 amide bonds. The Bertz CT molecular complexity index is 433. The third kappa shape index (κ3) is 2.92. The van der Waals surface area contributed by atoms with E-state index in [2.05, 4.69) is 10.2 Å². The molecule has 19 heavy (non-hydrogen) atoms. The highest BCUT2D eigenvalue weighted by Gasteiger charge is 2.38. The molecule has 1 aromatic rings. The lowest BCUT2D eigenvalue weighted by molar-refractivity contribution is 0.0598. The molecule has 1 aliphatic rings. The first-order chi connectivity index (χ1) is 8.94.